The summed E-state index contributed by atoms with van der Waals surface area (Å²) in [5.41, 5.74) is 0.495. The average Bonchev–Trinajstić information content (AvgIpc) is 2.41. The quantitative estimate of drug-likeness (QED) is 0.849. The predicted octanol–water partition coefficient (Wildman–Crippen LogP) is 3.55. The lowest BCUT2D eigenvalue weighted by molar-refractivity contribution is -0.163. The van der Waals surface area contributed by atoms with Crippen LogP contribution in [0.25, 0.3) is 0 Å². The Hall–Kier alpha value is -1.06. The smallest absolute Gasteiger partial charge is 0.311 e. The monoisotopic (exact) mass is 309 g/mol. The molecule has 1 fully saturated rings. The summed E-state index contributed by atoms with van der Waals surface area (Å²) in [5, 5.41) is 4.05. The summed E-state index contributed by atoms with van der Waals surface area (Å²) in [5.74, 6) is -0.156. The van der Waals surface area contributed by atoms with Crippen LogP contribution in [0.4, 0.5) is 0 Å². The molecule has 0 amide bonds. The fraction of sp³-hybridized carbons (Fsp3) is 0.588. The molecular formula is C17H24ClNO2. The van der Waals surface area contributed by atoms with Crippen LogP contribution in [-0.2, 0) is 14.9 Å². The number of hydrogen-bond acceptors (Lipinski definition) is 3. The zero-order valence-electron chi connectivity index (χ0n) is 13.2. The second-order valence-electron chi connectivity index (χ2n) is 7.02. The maximum absolute atomic E-state index is 12.2. The van der Waals surface area contributed by atoms with Crippen molar-refractivity contribution >= 4 is 17.6 Å². The van der Waals surface area contributed by atoms with E-state index in [0.717, 1.165) is 18.0 Å². The van der Waals surface area contributed by atoms with E-state index in [2.05, 4.69) is 12.2 Å². The third-order valence-electron chi connectivity index (χ3n) is 4.23. The van der Waals surface area contributed by atoms with E-state index in [1.807, 2.05) is 45.0 Å². The van der Waals surface area contributed by atoms with Crippen molar-refractivity contribution in [3.05, 3.63) is 34.9 Å². The van der Waals surface area contributed by atoms with Gasteiger partial charge in [-0.05, 0) is 51.4 Å². The molecule has 2 atom stereocenters. The lowest BCUT2D eigenvalue weighted by atomic mass is 9.73. The van der Waals surface area contributed by atoms with Gasteiger partial charge >= 0.3 is 5.97 Å². The SMILES string of the molecule is CC(C)(C)C(=O)OC1CNCCC1(C)c1ccc(Cl)cc1. The second-order valence-corrected chi connectivity index (χ2v) is 7.46. The van der Waals surface area contributed by atoms with Crippen LogP contribution in [0.15, 0.2) is 24.3 Å². The van der Waals surface area contributed by atoms with Crippen molar-refractivity contribution in [2.75, 3.05) is 13.1 Å². The number of ether oxygens (including phenoxy) is 1. The molecule has 1 saturated heterocycles. The van der Waals surface area contributed by atoms with Gasteiger partial charge in [-0.2, -0.15) is 0 Å². The molecule has 1 aliphatic rings. The van der Waals surface area contributed by atoms with E-state index in [1.54, 1.807) is 0 Å². The van der Waals surface area contributed by atoms with Crippen LogP contribution in [0.1, 0.15) is 39.7 Å². The number of rotatable bonds is 2. The summed E-state index contributed by atoms with van der Waals surface area (Å²) in [6.07, 6.45) is 0.760. The van der Waals surface area contributed by atoms with E-state index in [-0.39, 0.29) is 17.5 Å². The topological polar surface area (TPSA) is 38.3 Å². The largest absolute Gasteiger partial charge is 0.460 e. The summed E-state index contributed by atoms with van der Waals surface area (Å²) in [6.45, 7) is 9.41. The Kier molecular flexibility index (Phi) is 4.64. The predicted molar refractivity (Wildman–Crippen MR) is 85.6 cm³/mol. The molecule has 1 aliphatic heterocycles. The fourth-order valence-electron chi connectivity index (χ4n) is 2.61. The first-order chi connectivity index (χ1) is 9.73. The van der Waals surface area contributed by atoms with Gasteiger partial charge < -0.3 is 10.1 Å². The Morgan fingerprint density at radius 2 is 1.95 bits per heavy atom. The van der Waals surface area contributed by atoms with E-state index < -0.39 is 5.41 Å². The normalized spacial score (nSPS) is 26.4. The van der Waals surface area contributed by atoms with Gasteiger partial charge in [-0.25, -0.2) is 0 Å². The van der Waals surface area contributed by atoms with Crippen LogP contribution >= 0.6 is 11.6 Å². The Labute approximate surface area is 132 Å². The third kappa shape index (κ3) is 3.58. The maximum atomic E-state index is 12.2. The number of piperidine rings is 1. The molecule has 21 heavy (non-hydrogen) atoms. The van der Waals surface area contributed by atoms with Crippen molar-refractivity contribution in [2.45, 2.75) is 45.6 Å². The molecule has 0 aliphatic carbocycles. The highest BCUT2D eigenvalue weighted by Gasteiger charge is 2.42. The first-order valence-electron chi connectivity index (χ1n) is 7.41. The molecule has 1 aromatic rings. The van der Waals surface area contributed by atoms with Crippen LogP contribution in [0.5, 0.6) is 0 Å². The van der Waals surface area contributed by atoms with Gasteiger partial charge in [0.25, 0.3) is 0 Å². The van der Waals surface area contributed by atoms with Crippen LogP contribution in [0.2, 0.25) is 5.02 Å². The Morgan fingerprint density at radius 1 is 1.33 bits per heavy atom. The number of carbonyl (C=O) groups excluding carboxylic acids is 1. The number of carbonyl (C=O) groups is 1. The molecule has 3 nitrogen and oxygen atoms in total. The Balaban J connectivity index is 2.25. The third-order valence-corrected chi connectivity index (χ3v) is 4.48. The minimum Gasteiger partial charge on any atom is -0.460 e. The molecule has 2 rings (SSSR count). The van der Waals surface area contributed by atoms with Crippen molar-refractivity contribution < 1.29 is 9.53 Å². The van der Waals surface area contributed by atoms with Gasteiger partial charge in [0.15, 0.2) is 0 Å². The summed E-state index contributed by atoms with van der Waals surface area (Å²) in [4.78, 5) is 12.2. The van der Waals surface area contributed by atoms with Crippen molar-refractivity contribution in [3.8, 4) is 0 Å². The molecule has 1 N–H and O–H groups in total. The molecule has 0 radical (unpaired) electrons. The highest BCUT2D eigenvalue weighted by atomic mass is 35.5. The Bertz CT molecular complexity index is 507. The second kappa shape index (κ2) is 5.98. The summed E-state index contributed by atoms with van der Waals surface area (Å²) in [6, 6.07) is 7.86. The molecule has 4 heteroatoms. The average molecular weight is 310 g/mol. The molecule has 0 saturated carbocycles. The molecular weight excluding hydrogens is 286 g/mol. The zero-order chi connectivity index (χ0) is 15.7. The van der Waals surface area contributed by atoms with Crippen molar-refractivity contribution in [2.24, 2.45) is 5.41 Å². The van der Waals surface area contributed by atoms with Crippen molar-refractivity contribution in [1.82, 2.24) is 5.32 Å². The standard InChI is InChI=1S/C17H24ClNO2/c1-16(2,3)15(20)21-14-11-19-10-9-17(14,4)12-5-7-13(18)8-6-12/h5-8,14,19H,9-11H2,1-4H3. The molecule has 116 valence electrons. The summed E-state index contributed by atoms with van der Waals surface area (Å²) >= 11 is 5.98. The number of benzene rings is 1. The van der Waals surface area contributed by atoms with Gasteiger partial charge in [0.2, 0.25) is 0 Å². The lowest BCUT2D eigenvalue weighted by Crippen LogP contribution is -2.53. The van der Waals surface area contributed by atoms with Gasteiger partial charge in [-0.3, -0.25) is 4.79 Å². The van der Waals surface area contributed by atoms with Crippen molar-refractivity contribution in [1.29, 1.82) is 0 Å². The Morgan fingerprint density at radius 3 is 2.52 bits per heavy atom. The van der Waals surface area contributed by atoms with Gasteiger partial charge in [0, 0.05) is 17.0 Å². The van der Waals surface area contributed by atoms with E-state index >= 15 is 0 Å². The van der Waals surface area contributed by atoms with E-state index in [1.165, 1.54) is 5.56 Å². The number of nitrogens with one attached hydrogen (secondary N) is 1. The van der Waals surface area contributed by atoms with Crippen LogP contribution in [0, 0.1) is 5.41 Å². The lowest BCUT2D eigenvalue weighted by Gasteiger charge is -2.42. The molecule has 0 spiro atoms. The highest BCUT2D eigenvalue weighted by Crippen LogP contribution is 2.36. The van der Waals surface area contributed by atoms with Gasteiger partial charge in [0.05, 0.1) is 5.41 Å². The van der Waals surface area contributed by atoms with Gasteiger partial charge in [-0.1, -0.05) is 30.7 Å². The van der Waals surface area contributed by atoms with E-state index in [4.69, 9.17) is 16.3 Å². The number of halogens is 1. The summed E-state index contributed by atoms with van der Waals surface area (Å²) in [7, 11) is 0. The van der Waals surface area contributed by atoms with E-state index in [0.29, 0.717) is 6.54 Å². The van der Waals surface area contributed by atoms with Crippen molar-refractivity contribution in [3.63, 3.8) is 0 Å². The molecule has 0 bridgehead atoms. The zero-order valence-corrected chi connectivity index (χ0v) is 14.0. The first kappa shape index (κ1) is 16.3. The first-order valence-corrected chi connectivity index (χ1v) is 7.79. The highest BCUT2D eigenvalue weighted by molar-refractivity contribution is 6.30. The number of hydrogen-bond donors (Lipinski definition) is 1. The molecule has 2 unspecified atom stereocenters. The van der Waals surface area contributed by atoms with Crippen LogP contribution in [-0.4, -0.2) is 25.2 Å². The van der Waals surface area contributed by atoms with Gasteiger partial charge in [0.1, 0.15) is 6.10 Å². The van der Waals surface area contributed by atoms with E-state index in [9.17, 15) is 4.79 Å². The maximum Gasteiger partial charge on any atom is 0.311 e. The fourth-order valence-corrected chi connectivity index (χ4v) is 2.73. The minimum absolute atomic E-state index is 0.156. The molecule has 1 aromatic carbocycles. The van der Waals surface area contributed by atoms with Crippen LogP contribution < -0.4 is 5.32 Å². The van der Waals surface area contributed by atoms with Crippen LogP contribution in [0.3, 0.4) is 0 Å². The van der Waals surface area contributed by atoms with Gasteiger partial charge in [-0.15, -0.1) is 0 Å². The molecule has 1 heterocycles. The summed E-state index contributed by atoms with van der Waals surface area (Å²) < 4.78 is 5.82. The number of esters is 1. The molecule has 0 aromatic heterocycles. The minimum atomic E-state index is -0.488.